The number of amides is 1. The fraction of sp³-hybridized carbons (Fsp3) is 0.900. The molecule has 96 valence electrons. The molecule has 0 fully saturated rings. The molecule has 0 atom stereocenters. The Bertz CT molecular complexity index is 169. The lowest BCUT2D eigenvalue weighted by molar-refractivity contribution is -0.122. The minimum atomic E-state index is -0.201. The van der Waals surface area contributed by atoms with Crippen LogP contribution < -0.4 is 11.3 Å². The minimum absolute atomic E-state index is 0.201. The van der Waals surface area contributed by atoms with E-state index in [0.29, 0.717) is 39.5 Å². The van der Waals surface area contributed by atoms with Crippen LogP contribution in [-0.2, 0) is 14.3 Å². The zero-order valence-electron chi connectivity index (χ0n) is 10.2. The van der Waals surface area contributed by atoms with Crippen LogP contribution in [0.3, 0.4) is 0 Å². The summed E-state index contributed by atoms with van der Waals surface area (Å²) in [6, 6.07) is 0. The van der Waals surface area contributed by atoms with Gasteiger partial charge in [0, 0.05) is 26.3 Å². The lowest BCUT2D eigenvalue weighted by atomic mass is 10.4. The molecule has 0 saturated carbocycles. The molecular formula is C10H23N3O3. The second kappa shape index (κ2) is 10.8. The van der Waals surface area contributed by atoms with E-state index in [1.54, 1.807) is 0 Å². The third kappa shape index (κ3) is 8.60. The van der Waals surface area contributed by atoms with E-state index in [1.165, 1.54) is 0 Å². The Hall–Kier alpha value is -0.690. The highest BCUT2D eigenvalue weighted by Gasteiger charge is 2.09. The number of nitrogens with two attached hydrogens (primary N) is 1. The van der Waals surface area contributed by atoms with Crippen LogP contribution in [0.5, 0.6) is 0 Å². The van der Waals surface area contributed by atoms with Crippen molar-refractivity contribution in [2.24, 2.45) is 5.84 Å². The van der Waals surface area contributed by atoms with Crippen molar-refractivity contribution in [3.63, 3.8) is 0 Å². The molecular weight excluding hydrogens is 210 g/mol. The Morgan fingerprint density at radius 2 is 1.69 bits per heavy atom. The van der Waals surface area contributed by atoms with Gasteiger partial charge in [-0.1, -0.05) is 0 Å². The highest BCUT2D eigenvalue weighted by Crippen LogP contribution is 1.90. The van der Waals surface area contributed by atoms with E-state index in [1.807, 2.05) is 18.7 Å². The maximum absolute atomic E-state index is 11.1. The summed E-state index contributed by atoms with van der Waals surface area (Å²) in [6.07, 6.45) is 0. The van der Waals surface area contributed by atoms with Crippen LogP contribution in [0.4, 0.5) is 0 Å². The van der Waals surface area contributed by atoms with Gasteiger partial charge in [-0.25, -0.2) is 5.84 Å². The predicted molar refractivity (Wildman–Crippen MR) is 61.8 cm³/mol. The largest absolute Gasteiger partial charge is 0.380 e. The molecule has 0 aromatic heterocycles. The van der Waals surface area contributed by atoms with Crippen molar-refractivity contribution in [1.82, 2.24) is 10.3 Å². The highest BCUT2D eigenvalue weighted by atomic mass is 16.5. The number of nitrogens with one attached hydrogen (secondary N) is 1. The van der Waals surface area contributed by atoms with E-state index in [0.717, 1.165) is 0 Å². The monoisotopic (exact) mass is 233 g/mol. The standard InChI is InChI=1S/C10H23N3O3/c1-3-15-7-5-13(6-8-16-4-2)9-10(14)12-11/h3-9,11H2,1-2H3,(H,12,14). The van der Waals surface area contributed by atoms with Gasteiger partial charge in [0.15, 0.2) is 0 Å². The molecule has 1 amide bonds. The highest BCUT2D eigenvalue weighted by molar-refractivity contribution is 5.77. The van der Waals surface area contributed by atoms with Crippen LogP contribution in [0.25, 0.3) is 0 Å². The first-order chi connectivity index (χ1) is 7.74. The summed E-state index contributed by atoms with van der Waals surface area (Å²) in [7, 11) is 0. The second-order valence-electron chi connectivity index (χ2n) is 3.24. The van der Waals surface area contributed by atoms with Crippen LogP contribution in [0, 0.1) is 0 Å². The first-order valence-electron chi connectivity index (χ1n) is 5.61. The molecule has 0 spiro atoms. The Morgan fingerprint density at radius 1 is 1.19 bits per heavy atom. The average molecular weight is 233 g/mol. The minimum Gasteiger partial charge on any atom is -0.380 e. The Balaban J connectivity index is 3.80. The van der Waals surface area contributed by atoms with Gasteiger partial charge in [-0.2, -0.15) is 0 Å². The molecule has 3 N–H and O–H groups in total. The molecule has 0 aliphatic rings. The normalized spacial score (nSPS) is 10.8. The van der Waals surface area contributed by atoms with Crippen LogP contribution in [0.2, 0.25) is 0 Å². The van der Waals surface area contributed by atoms with Crippen molar-refractivity contribution in [3.8, 4) is 0 Å². The summed E-state index contributed by atoms with van der Waals surface area (Å²) in [5.74, 6) is 4.84. The molecule has 0 aromatic rings. The quantitative estimate of drug-likeness (QED) is 0.227. The number of ether oxygens (including phenoxy) is 2. The zero-order valence-corrected chi connectivity index (χ0v) is 10.2. The van der Waals surface area contributed by atoms with Gasteiger partial charge in [0.05, 0.1) is 19.8 Å². The molecule has 16 heavy (non-hydrogen) atoms. The van der Waals surface area contributed by atoms with Gasteiger partial charge in [0.25, 0.3) is 0 Å². The van der Waals surface area contributed by atoms with Gasteiger partial charge in [0.1, 0.15) is 0 Å². The van der Waals surface area contributed by atoms with E-state index in [-0.39, 0.29) is 12.5 Å². The van der Waals surface area contributed by atoms with E-state index in [4.69, 9.17) is 15.3 Å². The van der Waals surface area contributed by atoms with Crippen LogP contribution in [-0.4, -0.2) is 56.9 Å². The Morgan fingerprint density at radius 3 is 2.06 bits per heavy atom. The molecule has 0 saturated heterocycles. The number of carbonyl (C=O) groups excluding carboxylic acids is 1. The summed E-state index contributed by atoms with van der Waals surface area (Å²) in [5.41, 5.74) is 2.11. The van der Waals surface area contributed by atoms with Crippen molar-refractivity contribution in [1.29, 1.82) is 0 Å². The molecule has 0 unspecified atom stereocenters. The third-order valence-corrected chi connectivity index (χ3v) is 2.04. The molecule has 0 aromatic carbocycles. The molecule has 6 nitrogen and oxygen atoms in total. The lowest BCUT2D eigenvalue weighted by Gasteiger charge is -2.20. The molecule has 0 rings (SSSR count). The molecule has 0 radical (unpaired) electrons. The Labute approximate surface area is 97.0 Å². The van der Waals surface area contributed by atoms with Gasteiger partial charge in [-0.05, 0) is 13.8 Å². The van der Waals surface area contributed by atoms with E-state index >= 15 is 0 Å². The van der Waals surface area contributed by atoms with Crippen LogP contribution >= 0.6 is 0 Å². The van der Waals surface area contributed by atoms with E-state index in [2.05, 4.69) is 5.43 Å². The summed E-state index contributed by atoms with van der Waals surface area (Å²) >= 11 is 0. The number of hydrogen-bond donors (Lipinski definition) is 2. The van der Waals surface area contributed by atoms with Crippen molar-refractivity contribution >= 4 is 5.91 Å². The van der Waals surface area contributed by atoms with Gasteiger partial charge < -0.3 is 9.47 Å². The number of carbonyl (C=O) groups is 1. The van der Waals surface area contributed by atoms with Crippen molar-refractivity contribution < 1.29 is 14.3 Å². The first kappa shape index (κ1) is 15.3. The second-order valence-corrected chi connectivity index (χ2v) is 3.24. The van der Waals surface area contributed by atoms with E-state index in [9.17, 15) is 4.79 Å². The van der Waals surface area contributed by atoms with E-state index < -0.39 is 0 Å². The van der Waals surface area contributed by atoms with Crippen LogP contribution in [0.15, 0.2) is 0 Å². The maximum atomic E-state index is 11.1. The van der Waals surface area contributed by atoms with Crippen LogP contribution in [0.1, 0.15) is 13.8 Å². The number of nitrogens with zero attached hydrogens (tertiary/aromatic N) is 1. The van der Waals surface area contributed by atoms with Crippen molar-refractivity contribution in [2.75, 3.05) is 46.1 Å². The molecule has 0 bridgehead atoms. The van der Waals surface area contributed by atoms with Crippen molar-refractivity contribution in [2.45, 2.75) is 13.8 Å². The molecule has 0 aliphatic carbocycles. The lowest BCUT2D eigenvalue weighted by Crippen LogP contribution is -2.42. The predicted octanol–water partition coefficient (Wildman–Crippen LogP) is -0.649. The number of hydrazine groups is 1. The smallest absolute Gasteiger partial charge is 0.248 e. The molecule has 0 heterocycles. The maximum Gasteiger partial charge on any atom is 0.248 e. The summed E-state index contributed by atoms with van der Waals surface area (Å²) in [5, 5.41) is 0. The fourth-order valence-corrected chi connectivity index (χ4v) is 1.19. The first-order valence-corrected chi connectivity index (χ1v) is 5.61. The summed E-state index contributed by atoms with van der Waals surface area (Å²) in [4.78, 5) is 13.1. The van der Waals surface area contributed by atoms with Gasteiger partial charge in [-0.15, -0.1) is 0 Å². The SMILES string of the molecule is CCOCCN(CCOCC)CC(=O)NN. The van der Waals surface area contributed by atoms with Gasteiger partial charge >= 0.3 is 0 Å². The molecule has 6 heteroatoms. The summed E-state index contributed by atoms with van der Waals surface area (Å²) < 4.78 is 10.5. The zero-order chi connectivity index (χ0) is 12.2. The van der Waals surface area contributed by atoms with Gasteiger partial charge in [-0.3, -0.25) is 15.1 Å². The fourth-order valence-electron chi connectivity index (χ4n) is 1.19. The third-order valence-electron chi connectivity index (χ3n) is 2.04. The number of rotatable bonds is 10. The number of hydrogen-bond acceptors (Lipinski definition) is 5. The van der Waals surface area contributed by atoms with Crippen molar-refractivity contribution in [3.05, 3.63) is 0 Å². The summed E-state index contributed by atoms with van der Waals surface area (Å²) in [6.45, 7) is 8.15. The van der Waals surface area contributed by atoms with Gasteiger partial charge in [0.2, 0.25) is 5.91 Å². The molecule has 0 aliphatic heterocycles. The topological polar surface area (TPSA) is 76.8 Å². The Kier molecular flexibility index (Phi) is 10.3. The average Bonchev–Trinajstić information content (AvgIpc) is 2.29.